The largest absolute Gasteiger partial charge is 0.478 e. The maximum Gasteiger partial charge on any atom is 0.232 e. The predicted molar refractivity (Wildman–Crippen MR) is 138 cm³/mol. The molecule has 2 aliphatic heterocycles. The topological polar surface area (TPSA) is 43.7 Å². The van der Waals surface area contributed by atoms with Crippen molar-refractivity contribution in [3.63, 3.8) is 0 Å². The Labute approximate surface area is 205 Å². The van der Waals surface area contributed by atoms with Crippen LogP contribution in [0.25, 0.3) is 17.0 Å². The summed E-state index contributed by atoms with van der Waals surface area (Å²) in [6.45, 7) is 8.97. The zero-order valence-electron chi connectivity index (χ0n) is 20.3. The van der Waals surface area contributed by atoms with Crippen molar-refractivity contribution in [2.24, 2.45) is 0 Å². The third kappa shape index (κ3) is 3.72. The molecule has 0 N–H and O–H groups in total. The first-order chi connectivity index (χ1) is 17.0. The van der Waals surface area contributed by atoms with Crippen LogP contribution in [0, 0.1) is 13.8 Å². The zero-order chi connectivity index (χ0) is 24.1. The van der Waals surface area contributed by atoms with Gasteiger partial charge in [0.1, 0.15) is 18.2 Å². The molecule has 0 atom stereocenters. The number of aromatic nitrogens is 1. The number of aryl methyl sites for hydroxylation is 3. The van der Waals surface area contributed by atoms with Gasteiger partial charge in [-0.25, -0.2) is 0 Å². The van der Waals surface area contributed by atoms with Crippen LogP contribution in [0.15, 0.2) is 66.6 Å². The van der Waals surface area contributed by atoms with Crippen LogP contribution in [0.5, 0.6) is 11.5 Å². The van der Waals surface area contributed by atoms with Crippen molar-refractivity contribution in [2.75, 3.05) is 6.73 Å². The molecule has 176 valence electrons. The molecule has 0 amide bonds. The Morgan fingerprint density at radius 2 is 1.86 bits per heavy atom. The number of allylic oxidation sites excluding steroid dienone is 1. The van der Waals surface area contributed by atoms with Gasteiger partial charge in [0.25, 0.3) is 0 Å². The Hall–Kier alpha value is -3.83. The first kappa shape index (κ1) is 21.7. The maximum absolute atomic E-state index is 13.5. The summed E-state index contributed by atoms with van der Waals surface area (Å²) in [5.74, 6) is 1.75. The molecule has 35 heavy (non-hydrogen) atoms. The minimum Gasteiger partial charge on any atom is -0.478 e. The number of carbonyl (C=O) groups excluding carboxylic acids is 1. The van der Waals surface area contributed by atoms with Gasteiger partial charge >= 0.3 is 0 Å². The molecule has 3 aromatic carbocycles. The summed E-state index contributed by atoms with van der Waals surface area (Å²) in [6.07, 6.45) is 3.97. The van der Waals surface area contributed by atoms with Crippen molar-refractivity contribution in [3.8, 4) is 11.5 Å². The Kier molecular flexibility index (Phi) is 5.23. The van der Waals surface area contributed by atoms with E-state index < -0.39 is 0 Å². The SMILES string of the molecule is CCn1cc(/C=C2\Oc3c4c(cc(C)c3C2=O)OCN(Cc2ccc(C)cc2)C4)c2ccccc21. The van der Waals surface area contributed by atoms with Crippen LogP contribution in [0.4, 0.5) is 0 Å². The molecule has 3 heterocycles. The molecule has 6 rings (SSSR count). The molecular formula is C30H28N2O3. The van der Waals surface area contributed by atoms with E-state index in [0.717, 1.165) is 46.4 Å². The molecule has 0 unspecified atom stereocenters. The average Bonchev–Trinajstić information content (AvgIpc) is 3.39. The lowest BCUT2D eigenvalue weighted by Crippen LogP contribution is -2.31. The van der Waals surface area contributed by atoms with Gasteiger partial charge in [-0.2, -0.15) is 0 Å². The highest BCUT2D eigenvalue weighted by Crippen LogP contribution is 2.44. The summed E-state index contributed by atoms with van der Waals surface area (Å²) in [6, 6.07) is 18.8. The van der Waals surface area contributed by atoms with E-state index in [4.69, 9.17) is 9.47 Å². The monoisotopic (exact) mass is 464 g/mol. The smallest absolute Gasteiger partial charge is 0.232 e. The van der Waals surface area contributed by atoms with Gasteiger partial charge in [-0.3, -0.25) is 9.69 Å². The quantitative estimate of drug-likeness (QED) is 0.335. The van der Waals surface area contributed by atoms with Crippen LogP contribution in [0.3, 0.4) is 0 Å². The summed E-state index contributed by atoms with van der Waals surface area (Å²) >= 11 is 0. The number of hydrogen-bond acceptors (Lipinski definition) is 4. The van der Waals surface area contributed by atoms with Crippen molar-refractivity contribution in [3.05, 3.63) is 99.9 Å². The molecule has 0 saturated carbocycles. The number of Topliss-reactive ketones (excluding diaryl/α,β-unsaturated/α-hetero) is 1. The van der Waals surface area contributed by atoms with E-state index in [9.17, 15) is 4.79 Å². The highest BCUT2D eigenvalue weighted by molar-refractivity contribution is 6.16. The number of benzene rings is 3. The molecule has 5 heteroatoms. The molecule has 0 bridgehead atoms. The number of carbonyl (C=O) groups is 1. The van der Waals surface area contributed by atoms with Gasteiger partial charge in [-0.1, -0.05) is 48.0 Å². The van der Waals surface area contributed by atoms with Gasteiger partial charge in [-0.05, 0) is 50.1 Å². The minimum absolute atomic E-state index is 0.0655. The van der Waals surface area contributed by atoms with E-state index in [-0.39, 0.29) is 5.78 Å². The number of nitrogens with zero attached hydrogens (tertiary/aromatic N) is 2. The second-order valence-electron chi connectivity index (χ2n) is 9.45. The fourth-order valence-electron chi connectivity index (χ4n) is 5.12. The van der Waals surface area contributed by atoms with Crippen LogP contribution < -0.4 is 9.47 Å². The first-order valence-electron chi connectivity index (χ1n) is 12.1. The highest BCUT2D eigenvalue weighted by atomic mass is 16.5. The number of fused-ring (bicyclic) bond motifs is 4. The van der Waals surface area contributed by atoms with Crippen molar-refractivity contribution < 1.29 is 14.3 Å². The average molecular weight is 465 g/mol. The number of hydrogen-bond donors (Lipinski definition) is 0. The van der Waals surface area contributed by atoms with E-state index in [1.165, 1.54) is 11.1 Å². The van der Waals surface area contributed by atoms with Crippen LogP contribution in [-0.2, 0) is 19.6 Å². The molecule has 0 spiro atoms. The van der Waals surface area contributed by atoms with Gasteiger partial charge < -0.3 is 14.0 Å². The molecule has 5 nitrogen and oxygen atoms in total. The van der Waals surface area contributed by atoms with Crippen molar-refractivity contribution >= 4 is 22.8 Å². The van der Waals surface area contributed by atoms with E-state index in [0.29, 0.717) is 30.3 Å². The number of rotatable bonds is 4. The third-order valence-electron chi connectivity index (χ3n) is 6.96. The molecule has 0 radical (unpaired) electrons. The third-order valence-corrected chi connectivity index (χ3v) is 6.96. The Morgan fingerprint density at radius 3 is 2.66 bits per heavy atom. The lowest BCUT2D eigenvalue weighted by atomic mass is 9.98. The van der Waals surface area contributed by atoms with E-state index in [1.54, 1.807) is 0 Å². The summed E-state index contributed by atoms with van der Waals surface area (Å²) < 4.78 is 14.6. The van der Waals surface area contributed by atoms with E-state index in [2.05, 4.69) is 65.9 Å². The summed E-state index contributed by atoms with van der Waals surface area (Å²) in [5.41, 5.74) is 7.09. The second kappa shape index (κ2) is 8.43. The summed E-state index contributed by atoms with van der Waals surface area (Å²) in [5, 5.41) is 1.11. The van der Waals surface area contributed by atoms with Crippen LogP contribution in [0.2, 0.25) is 0 Å². The fourth-order valence-corrected chi connectivity index (χ4v) is 5.12. The van der Waals surface area contributed by atoms with Gasteiger partial charge in [-0.15, -0.1) is 0 Å². The fraction of sp³-hybridized carbons (Fsp3) is 0.233. The van der Waals surface area contributed by atoms with Gasteiger partial charge in [0.2, 0.25) is 5.78 Å². The lowest BCUT2D eigenvalue weighted by Gasteiger charge is -2.30. The van der Waals surface area contributed by atoms with Crippen molar-refractivity contribution in [2.45, 2.75) is 40.4 Å². The Morgan fingerprint density at radius 1 is 1.06 bits per heavy atom. The number of para-hydroxylation sites is 1. The van der Waals surface area contributed by atoms with Gasteiger partial charge in [0.05, 0.1) is 11.1 Å². The zero-order valence-corrected chi connectivity index (χ0v) is 20.3. The summed E-state index contributed by atoms with van der Waals surface area (Å²) in [7, 11) is 0. The number of ketones is 1. The normalized spacial score (nSPS) is 16.3. The van der Waals surface area contributed by atoms with Crippen LogP contribution >= 0.6 is 0 Å². The molecular weight excluding hydrogens is 436 g/mol. The van der Waals surface area contributed by atoms with Crippen molar-refractivity contribution in [1.29, 1.82) is 0 Å². The maximum atomic E-state index is 13.5. The predicted octanol–water partition coefficient (Wildman–Crippen LogP) is 6.25. The highest BCUT2D eigenvalue weighted by Gasteiger charge is 2.35. The molecule has 0 saturated heterocycles. The van der Waals surface area contributed by atoms with Crippen LogP contribution in [0.1, 0.15) is 45.1 Å². The first-order valence-corrected chi connectivity index (χ1v) is 12.1. The Bertz CT molecular complexity index is 1490. The number of ether oxygens (including phenoxy) is 2. The molecule has 1 aromatic heterocycles. The molecule has 0 fully saturated rings. The minimum atomic E-state index is -0.0655. The van der Waals surface area contributed by atoms with E-state index in [1.807, 2.05) is 31.2 Å². The van der Waals surface area contributed by atoms with E-state index >= 15 is 0 Å². The summed E-state index contributed by atoms with van der Waals surface area (Å²) in [4.78, 5) is 15.7. The van der Waals surface area contributed by atoms with Gasteiger partial charge in [0.15, 0.2) is 5.76 Å². The lowest BCUT2D eigenvalue weighted by molar-refractivity contribution is 0.0872. The molecule has 4 aromatic rings. The van der Waals surface area contributed by atoms with Gasteiger partial charge in [0, 0.05) is 42.3 Å². The van der Waals surface area contributed by atoms with Crippen LogP contribution in [-0.4, -0.2) is 22.0 Å². The Balaban J connectivity index is 1.35. The second-order valence-corrected chi connectivity index (χ2v) is 9.45. The molecule has 0 aliphatic carbocycles. The molecule has 2 aliphatic rings. The van der Waals surface area contributed by atoms with Crippen molar-refractivity contribution in [1.82, 2.24) is 9.47 Å². The standard InChI is InChI=1S/C30H28N2O3/c1-4-32-16-22(23-7-5-6-8-25(23)32)14-27-29(33)28-20(3)13-26-24(30(28)35-27)17-31(18-34-26)15-21-11-9-19(2)10-12-21/h5-14,16H,4,15,17-18H2,1-3H3/b27-14-.